The van der Waals surface area contributed by atoms with Gasteiger partial charge in [-0.2, -0.15) is 10.2 Å². The average Bonchev–Trinajstić information content (AvgIpc) is 3.20. The molecule has 0 radical (unpaired) electrons. The van der Waals surface area contributed by atoms with Crippen molar-refractivity contribution in [2.75, 3.05) is 0 Å². The van der Waals surface area contributed by atoms with E-state index in [0.717, 1.165) is 37.1 Å². The van der Waals surface area contributed by atoms with Crippen LogP contribution in [-0.4, -0.2) is 26.1 Å². The zero-order valence-corrected chi connectivity index (χ0v) is 15.2. The summed E-state index contributed by atoms with van der Waals surface area (Å²) in [6, 6.07) is 15.9. The van der Waals surface area contributed by atoms with Gasteiger partial charge in [-0.1, -0.05) is 23.4 Å². The van der Waals surface area contributed by atoms with E-state index in [1.54, 1.807) is 12.1 Å². The normalized spacial score (nSPS) is 20.3. The van der Waals surface area contributed by atoms with Gasteiger partial charge in [0, 0.05) is 24.3 Å². The van der Waals surface area contributed by atoms with E-state index in [9.17, 15) is 0 Å². The Labute approximate surface area is 158 Å². The van der Waals surface area contributed by atoms with Crippen molar-refractivity contribution in [3.8, 4) is 17.5 Å². The monoisotopic (exact) mass is 359 g/mol. The molecule has 2 aromatic heterocycles. The number of piperidine rings is 1. The number of pyridine rings is 1. The maximum atomic E-state index is 9.10. The van der Waals surface area contributed by atoms with Crippen molar-refractivity contribution in [1.29, 1.82) is 5.26 Å². The molecule has 27 heavy (non-hydrogen) atoms. The maximum absolute atomic E-state index is 9.10. The second-order valence-corrected chi connectivity index (χ2v) is 6.94. The molecule has 0 unspecified atom stereocenters. The summed E-state index contributed by atoms with van der Waals surface area (Å²) in [5, 5.41) is 13.3. The molecule has 1 fully saturated rings. The molecule has 6 nitrogen and oxygen atoms in total. The van der Waals surface area contributed by atoms with Gasteiger partial charge in [0.05, 0.1) is 23.4 Å². The average molecular weight is 359 g/mol. The van der Waals surface area contributed by atoms with Crippen LogP contribution in [0.2, 0.25) is 0 Å². The molecule has 4 rings (SSSR count). The summed E-state index contributed by atoms with van der Waals surface area (Å²) in [6.07, 6.45) is 5.09. The van der Waals surface area contributed by atoms with Gasteiger partial charge in [-0.05, 0) is 50.5 Å². The Bertz CT molecular complexity index is 946. The molecule has 0 saturated carbocycles. The van der Waals surface area contributed by atoms with Crippen LogP contribution in [0.3, 0.4) is 0 Å². The summed E-state index contributed by atoms with van der Waals surface area (Å²) in [7, 11) is 0. The van der Waals surface area contributed by atoms with Crippen LogP contribution < -0.4 is 0 Å². The van der Waals surface area contributed by atoms with E-state index < -0.39 is 0 Å². The van der Waals surface area contributed by atoms with E-state index in [1.807, 2.05) is 36.5 Å². The van der Waals surface area contributed by atoms with Crippen LogP contribution in [0, 0.1) is 11.3 Å². The van der Waals surface area contributed by atoms with Crippen LogP contribution in [0.15, 0.2) is 53.2 Å². The summed E-state index contributed by atoms with van der Waals surface area (Å²) in [5.74, 6) is 1.16. The smallest absolute Gasteiger partial charge is 0.244 e. The Morgan fingerprint density at radius 2 is 2.15 bits per heavy atom. The zero-order valence-electron chi connectivity index (χ0n) is 15.2. The molecule has 1 saturated heterocycles. The highest BCUT2D eigenvalue weighted by molar-refractivity contribution is 5.57. The third-order valence-corrected chi connectivity index (χ3v) is 5.11. The van der Waals surface area contributed by atoms with E-state index in [0.29, 0.717) is 23.3 Å². The van der Waals surface area contributed by atoms with Gasteiger partial charge in [0.15, 0.2) is 0 Å². The molecule has 0 spiro atoms. The Morgan fingerprint density at radius 3 is 2.96 bits per heavy atom. The van der Waals surface area contributed by atoms with Gasteiger partial charge in [0.25, 0.3) is 0 Å². The fraction of sp³-hybridized carbons (Fsp3) is 0.333. The molecule has 0 amide bonds. The summed E-state index contributed by atoms with van der Waals surface area (Å²) < 4.78 is 5.64. The summed E-state index contributed by atoms with van der Waals surface area (Å²) in [4.78, 5) is 11.5. The first-order valence-corrected chi connectivity index (χ1v) is 9.24. The number of hydrogen-bond donors (Lipinski definition) is 0. The second-order valence-electron chi connectivity index (χ2n) is 6.94. The lowest BCUT2D eigenvalue weighted by molar-refractivity contribution is 0.0621. The van der Waals surface area contributed by atoms with E-state index in [4.69, 9.17) is 9.78 Å². The van der Waals surface area contributed by atoms with Gasteiger partial charge in [0.2, 0.25) is 11.7 Å². The lowest BCUT2D eigenvalue weighted by atomic mass is 9.96. The zero-order chi connectivity index (χ0) is 18.6. The molecule has 1 aromatic carbocycles. The van der Waals surface area contributed by atoms with E-state index in [1.165, 1.54) is 0 Å². The quantitative estimate of drug-likeness (QED) is 0.697. The first kappa shape index (κ1) is 17.4. The number of aromatic nitrogens is 3. The van der Waals surface area contributed by atoms with E-state index >= 15 is 0 Å². The Balaban J connectivity index is 1.60. The third kappa shape index (κ3) is 3.74. The molecular formula is C21H21N5O. The van der Waals surface area contributed by atoms with Crippen LogP contribution in [0.1, 0.15) is 49.4 Å². The number of rotatable bonds is 4. The number of benzene rings is 1. The van der Waals surface area contributed by atoms with Crippen molar-refractivity contribution < 1.29 is 4.52 Å². The van der Waals surface area contributed by atoms with Crippen LogP contribution in [-0.2, 0) is 6.54 Å². The molecular weight excluding hydrogens is 338 g/mol. The number of nitriles is 1. The Hall–Kier alpha value is -3.04. The van der Waals surface area contributed by atoms with Crippen molar-refractivity contribution in [3.05, 3.63) is 65.8 Å². The van der Waals surface area contributed by atoms with Gasteiger partial charge in [-0.15, -0.1) is 0 Å². The summed E-state index contributed by atoms with van der Waals surface area (Å²) in [5.41, 5.74) is 2.42. The number of hydrogen-bond acceptors (Lipinski definition) is 6. The molecule has 6 heteroatoms. The molecule has 1 aliphatic heterocycles. The Morgan fingerprint density at radius 1 is 1.22 bits per heavy atom. The minimum Gasteiger partial charge on any atom is -0.337 e. The minimum atomic E-state index is 0.0798. The summed E-state index contributed by atoms with van der Waals surface area (Å²) >= 11 is 0. The Kier molecular flexibility index (Phi) is 4.95. The van der Waals surface area contributed by atoms with Gasteiger partial charge in [0.1, 0.15) is 0 Å². The first-order chi connectivity index (χ1) is 13.2. The lowest BCUT2D eigenvalue weighted by Gasteiger charge is -2.38. The van der Waals surface area contributed by atoms with Crippen LogP contribution in [0.5, 0.6) is 0 Å². The van der Waals surface area contributed by atoms with Crippen molar-refractivity contribution >= 4 is 0 Å². The molecule has 1 aliphatic rings. The fourth-order valence-corrected chi connectivity index (χ4v) is 3.67. The molecule has 0 aliphatic carbocycles. The van der Waals surface area contributed by atoms with E-state index in [-0.39, 0.29) is 6.04 Å². The van der Waals surface area contributed by atoms with Gasteiger partial charge in [-0.3, -0.25) is 9.88 Å². The van der Waals surface area contributed by atoms with Crippen molar-refractivity contribution in [1.82, 2.24) is 20.0 Å². The summed E-state index contributed by atoms with van der Waals surface area (Å²) in [6.45, 7) is 3.00. The molecule has 0 N–H and O–H groups in total. The minimum absolute atomic E-state index is 0.0798. The largest absolute Gasteiger partial charge is 0.337 e. The SMILES string of the molecule is C[C@@H]1CCC[C@H](c2nc(-c3cccc(C#N)c3)no2)N1Cc1ccccn1. The van der Waals surface area contributed by atoms with Crippen molar-refractivity contribution in [2.45, 2.75) is 44.8 Å². The van der Waals surface area contributed by atoms with Crippen LogP contribution in [0.25, 0.3) is 11.4 Å². The molecule has 3 aromatic rings. The lowest BCUT2D eigenvalue weighted by Crippen LogP contribution is -2.39. The molecule has 3 heterocycles. The number of nitrogens with zero attached hydrogens (tertiary/aromatic N) is 5. The predicted molar refractivity (Wildman–Crippen MR) is 100 cm³/mol. The highest BCUT2D eigenvalue weighted by Crippen LogP contribution is 2.35. The van der Waals surface area contributed by atoms with Crippen LogP contribution in [0.4, 0.5) is 0 Å². The topological polar surface area (TPSA) is 78.8 Å². The van der Waals surface area contributed by atoms with Crippen molar-refractivity contribution in [3.63, 3.8) is 0 Å². The number of likely N-dealkylation sites (tertiary alicyclic amines) is 1. The molecule has 0 bridgehead atoms. The first-order valence-electron chi connectivity index (χ1n) is 9.24. The van der Waals surface area contributed by atoms with Gasteiger partial charge in [-0.25, -0.2) is 0 Å². The molecule has 2 atom stereocenters. The van der Waals surface area contributed by atoms with Crippen molar-refractivity contribution in [2.24, 2.45) is 0 Å². The highest BCUT2D eigenvalue weighted by atomic mass is 16.5. The standard InChI is InChI=1S/C21H21N5O/c1-15-6-4-10-19(26(15)14-18-9-2-3-11-23-18)21-24-20(25-27-21)17-8-5-7-16(12-17)13-22/h2-3,5,7-9,11-12,15,19H,4,6,10,14H2,1H3/t15-,19-/m1/s1. The van der Waals surface area contributed by atoms with Gasteiger partial charge < -0.3 is 4.52 Å². The third-order valence-electron chi connectivity index (χ3n) is 5.11. The predicted octanol–water partition coefficient (Wildman–Crippen LogP) is 4.12. The fourth-order valence-electron chi connectivity index (χ4n) is 3.67. The second kappa shape index (κ2) is 7.68. The molecule has 136 valence electrons. The van der Waals surface area contributed by atoms with E-state index in [2.05, 4.69) is 33.0 Å². The maximum Gasteiger partial charge on any atom is 0.244 e. The van der Waals surface area contributed by atoms with Gasteiger partial charge >= 0.3 is 0 Å². The van der Waals surface area contributed by atoms with Crippen LogP contribution >= 0.6 is 0 Å². The highest BCUT2D eigenvalue weighted by Gasteiger charge is 2.33.